The van der Waals surface area contributed by atoms with Crippen LogP contribution in [0.3, 0.4) is 0 Å². The highest BCUT2D eigenvalue weighted by molar-refractivity contribution is 5.84. The maximum absolute atomic E-state index is 12.0. The van der Waals surface area contributed by atoms with Crippen molar-refractivity contribution in [2.75, 3.05) is 19.8 Å². The van der Waals surface area contributed by atoms with E-state index >= 15 is 0 Å². The highest BCUT2D eigenvalue weighted by Gasteiger charge is 2.35. The molecule has 5 nitrogen and oxygen atoms in total. The second-order valence-corrected chi connectivity index (χ2v) is 9.25. The lowest BCUT2D eigenvalue weighted by Crippen LogP contribution is -2.47. The van der Waals surface area contributed by atoms with Crippen LogP contribution in [0.1, 0.15) is 79.1 Å². The average Bonchev–Trinajstić information content (AvgIpc) is 2.66. The number of hydrogen-bond acceptors (Lipinski definition) is 4. The van der Waals surface area contributed by atoms with E-state index in [4.69, 9.17) is 9.47 Å². The number of rotatable bonds is 12. The molecule has 5 heteroatoms. The van der Waals surface area contributed by atoms with E-state index in [1.54, 1.807) is 0 Å². The normalized spacial score (nSPS) is 28.6. The molecule has 2 saturated carbocycles. The summed E-state index contributed by atoms with van der Waals surface area (Å²) in [6.45, 7) is 10.3. The van der Waals surface area contributed by atoms with E-state index in [0.717, 1.165) is 32.5 Å². The van der Waals surface area contributed by atoms with Crippen LogP contribution in [0.4, 0.5) is 0 Å². The predicted molar refractivity (Wildman–Crippen MR) is 111 cm³/mol. The number of carbonyl (C=O) groups is 2. The topological polar surface area (TPSA) is 64.6 Å². The zero-order chi connectivity index (χ0) is 20.5. The second kappa shape index (κ2) is 11.9. The van der Waals surface area contributed by atoms with Gasteiger partial charge in [0.05, 0.1) is 12.7 Å². The van der Waals surface area contributed by atoms with Crippen LogP contribution >= 0.6 is 0 Å². The van der Waals surface area contributed by atoms with Crippen LogP contribution in [-0.2, 0) is 19.1 Å². The number of ether oxygens (including phenoxy) is 2. The molecule has 0 saturated heterocycles. The van der Waals surface area contributed by atoms with Crippen LogP contribution in [-0.4, -0.2) is 43.7 Å². The van der Waals surface area contributed by atoms with Crippen LogP contribution in [0.5, 0.6) is 0 Å². The molecule has 2 aliphatic rings. The average molecular weight is 396 g/mol. The van der Waals surface area contributed by atoms with Gasteiger partial charge < -0.3 is 14.8 Å². The van der Waals surface area contributed by atoms with Crippen molar-refractivity contribution in [2.45, 2.75) is 91.2 Å². The lowest BCUT2D eigenvalue weighted by atomic mass is 9.75. The molecule has 1 N–H and O–H groups in total. The quantitative estimate of drug-likeness (QED) is 0.505. The number of amides is 1. The first-order valence-corrected chi connectivity index (χ1v) is 11.4. The molecule has 1 unspecified atom stereocenters. The molecule has 0 aromatic heterocycles. The maximum Gasteiger partial charge on any atom is 0.222 e. The van der Waals surface area contributed by atoms with Crippen molar-refractivity contribution in [3.8, 4) is 0 Å². The fourth-order valence-corrected chi connectivity index (χ4v) is 4.14. The number of hydrogen-bond donors (Lipinski definition) is 1. The van der Waals surface area contributed by atoms with Gasteiger partial charge in [0.1, 0.15) is 5.78 Å². The van der Waals surface area contributed by atoms with E-state index in [-0.39, 0.29) is 23.8 Å². The monoisotopic (exact) mass is 395 g/mol. The number of nitrogens with one attached hydrogen (secondary N) is 1. The van der Waals surface area contributed by atoms with Gasteiger partial charge in [0.25, 0.3) is 0 Å². The van der Waals surface area contributed by atoms with Crippen molar-refractivity contribution < 1.29 is 19.1 Å². The van der Waals surface area contributed by atoms with Gasteiger partial charge in [-0.3, -0.25) is 9.59 Å². The minimum Gasteiger partial charge on any atom is -0.381 e. The first-order valence-electron chi connectivity index (χ1n) is 11.4. The van der Waals surface area contributed by atoms with Crippen molar-refractivity contribution >= 4 is 11.7 Å². The molecule has 2 rings (SSSR count). The standard InChI is InChI=1S/C23H41NO4/c1-5-17(4)28-15-19-8-6-18(7-9-19)14-27-11-10-22(25)24-21-12-20(13-21)23(26)16(2)3/h16-21H,5-15H2,1-4H3,(H,24,25). The minimum atomic E-state index is 0.0475. The molecular formula is C23H41NO4. The van der Waals surface area contributed by atoms with Gasteiger partial charge in [0.15, 0.2) is 0 Å². The maximum atomic E-state index is 12.0. The van der Waals surface area contributed by atoms with Crippen LogP contribution in [0.25, 0.3) is 0 Å². The molecule has 2 fully saturated rings. The van der Waals surface area contributed by atoms with Gasteiger partial charge >= 0.3 is 0 Å². The molecule has 0 radical (unpaired) electrons. The Bertz CT molecular complexity index is 479. The van der Waals surface area contributed by atoms with E-state index in [0.29, 0.717) is 36.8 Å². The Balaban J connectivity index is 1.46. The summed E-state index contributed by atoms with van der Waals surface area (Å²) < 4.78 is 11.6. The summed E-state index contributed by atoms with van der Waals surface area (Å²) in [6, 6.07) is 0.174. The first kappa shape index (κ1) is 23.3. The molecule has 2 aliphatic carbocycles. The number of carbonyl (C=O) groups excluding carboxylic acids is 2. The molecule has 1 amide bonds. The Morgan fingerprint density at radius 1 is 1.00 bits per heavy atom. The SMILES string of the molecule is CCC(C)OCC1CCC(COCCC(=O)NC2CC(C(=O)C(C)C)C2)CC1. The zero-order valence-electron chi connectivity index (χ0n) is 18.4. The molecule has 1 atom stereocenters. The molecule has 0 spiro atoms. The van der Waals surface area contributed by atoms with E-state index in [9.17, 15) is 9.59 Å². The summed E-state index contributed by atoms with van der Waals surface area (Å²) in [5, 5.41) is 3.03. The Morgan fingerprint density at radius 3 is 2.18 bits per heavy atom. The van der Waals surface area contributed by atoms with Crippen LogP contribution in [0.2, 0.25) is 0 Å². The third kappa shape index (κ3) is 7.82. The Hall–Kier alpha value is -0.940. The molecule has 0 bridgehead atoms. The molecular weight excluding hydrogens is 354 g/mol. The Kier molecular flexibility index (Phi) is 9.93. The van der Waals surface area contributed by atoms with Gasteiger partial charge in [-0.2, -0.15) is 0 Å². The van der Waals surface area contributed by atoms with Crippen molar-refractivity contribution in [1.82, 2.24) is 5.32 Å². The third-order valence-corrected chi connectivity index (χ3v) is 6.46. The summed E-state index contributed by atoms with van der Waals surface area (Å²) in [7, 11) is 0. The van der Waals surface area contributed by atoms with Gasteiger partial charge in [-0.1, -0.05) is 20.8 Å². The van der Waals surface area contributed by atoms with E-state index < -0.39 is 0 Å². The van der Waals surface area contributed by atoms with Gasteiger partial charge in [-0.15, -0.1) is 0 Å². The molecule has 28 heavy (non-hydrogen) atoms. The van der Waals surface area contributed by atoms with Crippen molar-refractivity contribution in [1.29, 1.82) is 0 Å². The van der Waals surface area contributed by atoms with Gasteiger partial charge in [-0.05, 0) is 63.7 Å². The lowest BCUT2D eigenvalue weighted by Gasteiger charge is -2.35. The molecule has 0 heterocycles. The Morgan fingerprint density at radius 2 is 1.61 bits per heavy atom. The van der Waals surface area contributed by atoms with Crippen molar-refractivity contribution in [3.05, 3.63) is 0 Å². The second-order valence-electron chi connectivity index (χ2n) is 9.25. The summed E-state index contributed by atoms with van der Waals surface area (Å²) in [4.78, 5) is 23.9. The third-order valence-electron chi connectivity index (χ3n) is 6.46. The predicted octanol–water partition coefficient (Wildman–Crippen LogP) is 4.13. The fraction of sp³-hybridized carbons (Fsp3) is 0.913. The lowest BCUT2D eigenvalue weighted by molar-refractivity contribution is -0.131. The van der Waals surface area contributed by atoms with Gasteiger partial charge in [0.2, 0.25) is 5.91 Å². The molecule has 0 aliphatic heterocycles. The first-order chi connectivity index (χ1) is 13.4. The highest BCUT2D eigenvalue weighted by atomic mass is 16.5. The van der Waals surface area contributed by atoms with Gasteiger partial charge in [0, 0.05) is 37.5 Å². The summed E-state index contributed by atoms with van der Waals surface area (Å²) in [5.74, 6) is 1.94. The molecule has 0 aromatic rings. The zero-order valence-corrected chi connectivity index (χ0v) is 18.4. The van der Waals surface area contributed by atoms with E-state index in [1.807, 2.05) is 13.8 Å². The van der Waals surface area contributed by atoms with Crippen LogP contribution in [0, 0.1) is 23.7 Å². The fourth-order valence-electron chi connectivity index (χ4n) is 4.14. The summed E-state index contributed by atoms with van der Waals surface area (Å²) >= 11 is 0. The van der Waals surface area contributed by atoms with Gasteiger partial charge in [-0.25, -0.2) is 0 Å². The Labute approximate surface area is 171 Å². The summed E-state index contributed by atoms with van der Waals surface area (Å²) in [5.41, 5.74) is 0. The van der Waals surface area contributed by atoms with Crippen LogP contribution < -0.4 is 5.32 Å². The van der Waals surface area contributed by atoms with E-state index in [2.05, 4.69) is 19.2 Å². The minimum absolute atomic E-state index is 0.0475. The smallest absolute Gasteiger partial charge is 0.222 e. The van der Waals surface area contributed by atoms with Crippen molar-refractivity contribution in [3.63, 3.8) is 0 Å². The van der Waals surface area contributed by atoms with Crippen molar-refractivity contribution in [2.24, 2.45) is 23.7 Å². The summed E-state index contributed by atoms with van der Waals surface area (Å²) in [6.07, 6.45) is 8.31. The highest BCUT2D eigenvalue weighted by Crippen LogP contribution is 2.31. The van der Waals surface area contributed by atoms with E-state index in [1.165, 1.54) is 25.7 Å². The number of Topliss-reactive ketones (excluding diaryl/α,β-unsaturated/α-hetero) is 1. The number of ketones is 1. The molecule has 0 aromatic carbocycles. The van der Waals surface area contributed by atoms with Crippen LogP contribution in [0.15, 0.2) is 0 Å². The largest absolute Gasteiger partial charge is 0.381 e. The molecule has 162 valence electrons.